The van der Waals surface area contributed by atoms with E-state index in [-0.39, 0.29) is 11.5 Å². The van der Waals surface area contributed by atoms with Gasteiger partial charge in [-0.05, 0) is 65.8 Å². The van der Waals surface area contributed by atoms with Crippen LogP contribution in [0.1, 0.15) is 62.3 Å². The van der Waals surface area contributed by atoms with Crippen molar-refractivity contribution in [2.75, 3.05) is 39.3 Å². The predicted molar refractivity (Wildman–Crippen MR) is 183 cm³/mol. The van der Waals surface area contributed by atoms with Crippen molar-refractivity contribution in [3.63, 3.8) is 0 Å². The van der Waals surface area contributed by atoms with Gasteiger partial charge in [0.05, 0.1) is 83.0 Å². The molecule has 0 aliphatic carbocycles. The maximum absolute atomic E-state index is 10.4. The van der Waals surface area contributed by atoms with Crippen LogP contribution in [0.2, 0.25) is 0 Å². The number of aromatic hydroxyl groups is 2. The van der Waals surface area contributed by atoms with Gasteiger partial charge in [0, 0.05) is 35.4 Å². The number of carboxylic acid groups (broad SMARTS) is 2. The third kappa shape index (κ3) is 19.7. The lowest BCUT2D eigenvalue weighted by Gasteiger charge is -2.10. The second kappa shape index (κ2) is 25.7. The number of phenols is 2. The topological polar surface area (TPSA) is 302 Å². The Morgan fingerprint density at radius 2 is 0.673 bits per heavy atom. The van der Waals surface area contributed by atoms with E-state index in [1.165, 1.54) is 63.5 Å². The summed E-state index contributed by atoms with van der Waals surface area (Å²) in [7, 11) is 0. The molecule has 4 N–H and O–H groups in total. The van der Waals surface area contributed by atoms with Gasteiger partial charge in [-0.1, -0.05) is 0 Å². The molecule has 0 saturated carbocycles. The van der Waals surface area contributed by atoms with Crippen LogP contribution in [0.5, 0.6) is 11.5 Å². The number of nitrogens with one attached hydrogen (secondary N) is 2. The molecular formula is C32H44N6O14. The normalized spacial score (nSPS) is 9.69. The van der Waals surface area contributed by atoms with Crippen molar-refractivity contribution >= 4 is 34.7 Å². The van der Waals surface area contributed by atoms with Crippen LogP contribution in [-0.2, 0) is 0 Å². The van der Waals surface area contributed by atoms with E-state index in [4.69, 9.17) is 10.2 Å². The molecule has 0 radical (unpaired) electrons. The molecule has 0 aromatic heterocycles. The number of rotatable bonds is 12. The first kappa shape index (κ1) is 47.8. The van der Waals surface area contributed by atoms with Crippen molar-refractivity contribution in [1.82, 2.24) is 0 Å². The van der Waals surface area contributed by atoms with Crippen LogP contribution in [-0.4, -0.2) is 81.1 Å². The van der Waals surface area contributed by atoms with Crippen molar-refractivity contribution in [1.29, 1.82) is 0 Å². The number of carbonyl (C=O) groups is 2. The minimum atomic E-state index is -1.71. The van der Waals surface area contributed by atoms with Crippen molar-refractivity contribution in [3.8, 4) is 11.5 Å². The van der Waals surface area contributed by atoms with Crippen molar-refractivity contribution in [2.24, 2.45) is 0 Å². The maximum atomic E-state index is 10.4. The van der Waals surface area contributed by atoms with Gasteiger partial charge in [-0.3, -0.25) is 40.5 Å². The van der Waals surface area contributed by atoms with Crippen LogP contribution in [0.15, 0.2) is 60.7 Å². The van der Waals surface area contributed by atoms with E-state index < -0.39 is 65.5 Å². The van der Waals surface area contributed by atoms with E-state index in [1.807, 2.05) is 0 Å². The number of quaternary nitrogens is 2. The second-order valence-corrected chi connectivity index (χ2v) is 10.2. The molecule has 0 bridgehead atoms. The summed E-state index contributed by atoms with van der Waals surface area (Å²) in [6.07, 6.45) is 0. The highest BCUT2D eigenvalue weighted by atomic mass is 16.6. The smallest absolute Gasteiger partial charge is 0.276 e. The number of carbonyl (C=O) groups excluding carboxylic acids is 2. The van der Waals surface area contributed by atoms with Crippen LogP contribution in [0.4, 0.5) is 22.7 Å². The van der Waals surface area contributed by atoms with Gasteiger partial charge in [0.1, 0.15) is 11.5 Å². The standard InChI is InChI=1S/2C7H4N2O6.2C6H15N.C6H6O2/c2*10-7(11)4-1-5(8(12)13)3-6(2-4)9(14)15;2*1-4-7(5-2)6-3;7-5-1-2-6(8)4-3-5/h2*1-3H,(H,10,11);2*4-6H2,1-3H3;1-4,7-8H. The number of nitro groups is 4. The lowest BCUT2D eigenvalue weighted by Crippen LogP contribution is -3.11. The van der Waals surface area contributed by atoms with Gasteiger partial charge in [0.25, 0.3) is 22.7 Å². The molecule has 20 heteroatoms. The second-order valence-electron chi connectivity index (χ2n) is 10.2. The number of hydrogen-bond donors (Lipinski definition) is 4. The molecule has 3 rings (SSSR count). The SMILES string of the molecule is CC[NH+](CC)CC.CC[NH+](CC)CC.O=C([O-])c1cc([N+](=O)[O-])cc([N+](=O)[O-])c1.O=C([O-])c1cc([N+](=O)[O-])cc([N+](=O)[O-])c1.Oc1ccc(O)cc1. The summed E-state index contributed by atoms with van der Waals surface area (Å²) in [5.74, 6) is -3.07. The van der Waals surface area contributed by atoms with Crippen LogP contribution in [0, 0.1) is 40.5 Å². The fourth-order valence-electron chi connectivity index (χ4n) is 3.80. The van der Waals surface area contributed by atoms with Gasteiger partial charge in [-0.25, -0.2) is 0 Å². The van der Waals surface area contributed by atoms with Crippen LogP contribution >= 0.6 is 0 Å². The van der Waals surface area contributed by atoms with Gasteiger partial charge in [-0.15, -0.1) is 0 Å². The first-order valence-electron chi connectivity index (χ1n) is 15.8. The zero-order chi connectivity index (χ0) is 40.6. The zero-order valence-electron chi connectivity index (χ0n) is 29.6. The molecule has 0 amide bonds. The molecule has 0 spiro atoms. The highest BCUT2D eigenvalue weighted by Crippen LogP contribution is 2.23. The number of hydrogen-bond acceptors (Lipinski definition) is 14. The number of carboxylic acids is 2. The molecule has 0 unspecified atom stereocenters. The molecule has 0 heterocycles. The van der Waals surface area contributed by atoms with E-state index >= 15 is 0 Å². The van der Waals surface area contributed by atoms with Gasteiger partial charge >= 0.3 is 0 Å². The number of benzene rings is 3. The van der Waals surface area contributed by atoms with E-state index in [2.05, 4.69) is 41.5 Å². The molecule has 0 aliphatic heterocycles. The quantitative estimate of drug-likeness (QED) is 0.113. The van der Waals surface area contributed by atoms with Crippen LogP contribution in [0.25, 0.3) is 0 Å². The summed E-state index contributed by atoms with van der Waals surface area (Å²) in [5, 5.41) is 79.4. The Kier molecular flexibility index (Phi) is 23.6. The van der Waals surface area contributed by atoms with E-state index in [0.29, 0.717) is 36.4 Å². The number of nitrogens with zero attached hydrogens (tertiary/aromatic N) is 4. The molecule has 0 fully saturated rings. The fourth-order valence-corrected chi connectivity index (χ4v) is 3.80. The summed E-state index contributed by atoms with van der Waals surface area (Å²) in [4.78, 5) is 61.8. The average molecular weight is 737 g/mol. The minimum Gasteiger partial charge on any atom is -0.545 e. The minimum absolute atomic E-state index is 0.169. The average Bonchev–Trinajstić information content (AvgIpc) is 3.11. The van der Waals surface area contributed by atoms with Gasteiger partial charge in [-0.2, -0.15) is 0 Å². The molecule has 0 saturated heterocycles. The highest BCUT2D eigenvalue weighted by Gasteiger charge is 2.17. The molecule has 0 aliphatic rings. The first-order valence-corrected chi connectivity index (χ1v) is 15.8. The molecule has 3 aromatic carbocycles. The summed E-state index contributed by atoms with van der Waals surface area (Å²) >= 11 is 0. The first-order chi connectivity index (χ1) is 24.3. The van der Waals surface area contributed by atoms with E-state index in [0.717, 1.165) is 0 Å². The Morgan fingerprint density at radius 3 is 0.788 bits per heavy atom. The van der Waals surface area contributed by atoms with E-state index in [1.54, 1.807) is 9.80 Å². The molecule has 20 nitrogen and oxygen atoms in total. The molecule has 286 valence electrons. The van der Waals surface area contributed by atoms with Crippen molar-refractivity contribution < 1.29 is 59.5 Å². The summed E-state index contributed by atoms with van der Waals surface area (Å²) in [6, 6.07) is 9.84. The monoisotopic (exact) mass is 736 g/mol. The van der Waals surface area contributed by atoms with Gasteiger partial charge in [0.2, 0.25) is 0 Å². The van der Waals surface area contributed by atoms with Crippen LogP contribution < -0.4 is 20.0 Å². The number of phenolic OH excluding ortho intramolecular Hbond substituents is 2. The summed E-state index contributed by atoms with van der Waals surface area (Å²) in [5.41, 5.74) is -3.86. The summed E-state index contributed by atoms with van der Waals surface area (Å²) < 4.78 is 0. The van der Waals surface area contributed by atoms with Gasteiger partial charge in [0.15, 0.2) is 0 Å². The number of nitro benzene ring substituents is 4. The fraction of sp³-hybridized carbons (Fsp3) is 0.375. The van der Waals surface area contributed by atoms with Gasteiger partial charge < -0.3 is 39.8 Å². The Labute approximate surface area is 298 Å². The molecule has 52 heavy (non-hydrogen) atoms. The lowest BCUT2D eigenvalue weighted by atomic mass is 10.2. The molecule has 0 atom stereocenters. The lowest BCUT2D eigenvalue weighted by molar-refractivity contribution is -0.894. The maximum Gasteiger partial charge on any atom is 0.276 e. The Bertz CT molecular complexity index is 1320. The predicted octanol–water partition coefficient (Wildman–Crippen LogP) is 0.693. The Balaban J connectivity index is 0. The highest BCUT2D eigenvalue weighted by molar-refractivity contribution is 5.88. The Hall–Kier alpha value is -6.28. The largest absolute Gasteiger partial charge is 0.545 e. The molecule has 3 aromatic rings. The van der Waals surface area contributed by atoms with Crippen LogP contribution in [0.3, 0.4) is 0 Å². The number of aromatic carboxylic acids is 2. The van der Waals surface area contributed by atoms with Crippen molar-refractivity contribution in [2.45, 2.75) is 41.5 Å². The summed E-state index contributed by atoms with van der Waals surface area (Å²) in [6.45, 7) is 21.0. The van der Waals surface area contributed by atoms with E-state index in [9.17, 15) is 60.3 Å². The Morgan fingerprint density at radius 1 is 0.481 bits per heavy atom. The third-order valence-corrected chi connectivity index (χ3v) is 6.97. The molecular weight excluding hydrogens is 692 g/mol. The van der Waals surface area contributed by atoms with Crippen molar-refractivity contribution in [3.05, 3.63) is 112 Å². The zero-order valence-corrected chi connectivity index (χ0v) is 29.6. The number of non-ortho nitro benzene ring substituents is 4. The third-order valence-electron chi connectivity index (χ3n) is 6.97.